The first kappa shape index (κ1) is 12.6. The van der Waals surface area contributed by atoms with Gasteiger partial charge in [0.25, 0.3) is 0 Å². The third kappa shape index (κ3) is 2.37. The van der Waals surface area contributed by atoms with Crippen LogP contribution in [0.4, 0.5) is 5.69 Å². The molecule has 2 atom stereocenters. The molecule has 0 saturated heterocycles. The van der Waals surface area contributed by atoms with Gasteiger partial charge in [0.2, 0.25) is 5.91 Å². The molecule has 2 unspecified atom stereocenters. The lowest BCUT2D eigenvalue weighted by atomic mass is 10.0. The van der Waals surface area contributed by atoms with Crippen LogP contribution in [0.5, 0.6) is 0 Å². The summed E-state index contributed by atoms with van der Waals surface area (Å²) in [5.41, 5.74) is 0.848. The highest BCUT2D eigenvalue weighted by atomic mass is 16.4. The molecule has 1 aliphatic carbocycles. The van der Waals surface area contributed by atoms with E-state index in [1.165, 1.54) is 12.1 Å². The van der Waals surface area contributed by atoms with E-state index in [2.05, 4.69) is 19.2 Å². The molecule has 2 rings (SSSR count). The van der Waals surface area contributed by atoms with E-state index in [-0.39, 0.29) is 22.8 Å². The van der Waals surface area contributed by atoms with Gasteiger partial charge in [0.1, 0.15) is 0 Å². The fourth-order valence-corrected chi connectivity index (χ4v) is 2.17. The summed E-state index contributed by atoms with van der Waals surface area (Å²) < 4.78 is 0. The van der Waals surface area contributed by atoms with Crippen molar-refractivity contribution in [2.24, 2.45) is 11.3 Å². The summed E-state index contributed by atoms with van der Waals surface area (Å²) in [7, 11) is 0. The summed E-state index contributed by atoms with van der Waals surface area (Å²) in [6.07, 6.45) is 1.90. The summed E-state index contributed by atoms with van der Waals surface area (Å²) in [5, 5.41) is 11.7. The number of hydrogen-bond acceptors (Lipinski definition) is 2. The van der Waals surface area contributed by atoms with Gasteiger partial charge in [-0.3, -0.25) is 4.79 Å². The number of amides is 1. The molecule has 1 aromatic carbocycles. The average molecular weight is 247 g/mol. The van der Waals surface area contributed by atoms with Crippen LogP contribution in [0.3, 0.4) is 0 Å². The molecule has 0 radical (unpaired) electrons. The van der Waals surface area contributed by atoms with E-state index in [1.54, 1.807) is 12.1 Å². The molecule has 0 aromatic heterocycles. The Morgan fingerprint density at radius 2 is 2.22 bits per heavy atom. The van der Waals surface area contributed by atoms with Crippen molar-refractivity contribution in [3.05, 3.63) is 29.8 Å². The van der Waals surface area contributed by atoms with Gasteiger partial charge < -0.3 is 10.4 Å². The van der Waals surface area contributed by atoms with Crippen molar-refractivity contribution in [2.45, 2.75) is 26.7 Å². The predicted octanol–water partition coefficient (Wildman–Crippen LogP) is 2.76. The molecule has 0 spiro atoms. The number of aromatic carboxylic acids is 1. The van der Waals surface area contributed by atoms with Crippen molar-refractivity contribution in [3.63, 3.8) is 0 Å². The smallest absolute Gasteiger partial charge is 0.335 e. The second-order valence-corrected chi connectivity index (χ2v) is 5.14. The van der Waals surface area contributed by atoms with Crippen LogP contribution in [-0.2, 0) is 4.79 Å². The second kappa shape index (κ2) is 4.44. The topological polar surface area (TPSA) is 66.4 Å². The number of carbonyl (C=O) groups is 2. The lowest BCUT2D eigenvalue weighted by molar-refractivity contribution is -0.118. The fourth-order valence-electron chi connectivity index (χ4n) is 2.17. The standard InChI is InChI=1S/C14H17NO3/c1-3-14(2)8-11(14)12(16)15-10-6-4-5-9(7-10)13(17)18/h4-7,11H,3,8H2,1-2H3,(H,15,16)(H,17,18). The molecule has 1 amide bonds. The summed E-state index contributed by atoms with van der Waals surface area (Å²) in [6.45, 7) is 4.18. The molecule has 1 aromatic rings. The predicted molar refractivity (Wildman–Crippen MR) is 68.5 cm³/mol. The highest BCUT2D eigenvalue weighted by Gasteiger charge is 2.52. The molecule has 18 heavy (non-hydrogen) atoms. The van der Waals surface area contributed by atoms with Gasteiger partial charge in [0.15, 0.2) is 0 Å². The molecule has 1 aliphatic rings. The summed E-state index contributed by atoms with van der Waals surface area (Å²) in [5.74, 6) is -0.950. The minimum absolute atomic E-state index is 0.0121. The highest BCUT2D eigenvalue weighted by molar-refractivity contribution is 5.96. The van der Waals surface area contributed by atoms with E-state index in [0.29, 0.717) is 5.69 Å². The van der Waals surface area contributed by atoms with Gasteiger partial charge in [-0.05, 0) is 36.5 Å². The molecule has 4 nitrogen and oxygen atoms in total. The average Bonchev–Trinajstić information content (AvgIpc) is 3.03. The first-order valence-corrected chi connectivity index (χ1v) is 6.10. The monoisotopic (exact) mass is 247 g/mol. The third-order valence-electron chi connectivity index (χ3n) is 3.85. The maximum atomic E-state index is 12.0. The van der Waals surface area contributed by atoms with Crippen molar-refractivity contribution in [2.75, 3.05) is 5.32 Å². The molecule has 1 saturated carbocycles. The minimum Gasteiger partial charge on any atom is -0.478 e. The van der Waals surface area contributed by atoms with Crippen LogP contribution in [0.1, 0.15) is 37.0 Å². The zero-order chi connectivity index (χ0) is 13.3. The Balaban J connectivity index is 2.04. The molecule has 1 fully saturated rings. The molecule has 0 bridgehead atoms. The Hall–Kier alpha value is -1.84. The fraction of sp³-hybridized carbons (Fsp3) is 0.429. The zero-order valence-electron chi connectivity index (χ0n) is 10.6. The van der Waals surface area contributed by atoms with Crippen molar-refractivity contribution >= 4 is 17.6 Å². The van der Waals surface area contributed by atoms with Crippen molar-refractivity contribution in [1.82, 2.24) is 0 Å². The summed E-state index contributed by atoms with van der Waals surface area (Å²) >= 11 is 0. The second-order valence-electron chi connectivity index (χ2n) is 5.14. The van der Waals surface area contributed by atoms with Crippen molar-refractivity contribution in [3.8, 4) is 0 Å². The van der Waals surface area contributed by atoms with E-state index in [9.17, 15) is 9.59 Å². The third-order valence-corrected chi connectivity index (χ3v) is 3.85. The molecular formula is C14H17NO3. The number of anilines is 1. The zero-order valence-corrected chi connectivity index (χ0v) is 10.6. The van der Waals surface area contributed by atoms with E-state index in [0.717, 1.165) is 12.8 Å². The van der Waals surface area contributed by atoms with Crippen LogP contribution >= 0.6 is 0 Å². The number of benzene rings is 1. The van der Waals surface area contributed by atoms with Crippen molar-refractivity contribution in [1.29, 1.82) is 0 Å². The normalized spacial score (nSPS) is 25.6. The highest BCUT2D eigenvalue weighted by Crippen LogP contribution is 2.55. The minimum atomic E-state index is -0.990. The van der Waals surface area contributed by atoms with Crippen LogP contribution in [-0.4, -0.2) is 17.0 Å². The largest absolute Gasteiger partial charge is 0.478 e. The van der Waals surface area contributed by atoms with E-state index in [1.807, 2.05) is 0 Å². The Morgan fingerprint density at radius 3 is 2.78 bits per heavy atom. The van der Waals surface area contributed by atoms with Gasteiger partial charge in [-0.25, -0.2) is 4.79 Å². The van der Waals surface area contributed by atoms with Gasteiger partial charge in [-0.15, -0.1) is 0 Å². The maximum absolute atomic E-state index is 12.0. The lowest BCUT2D eigenvalue weighted by Gasteiger charge is -2.09. The molecule has 4 heteroatoms. The van der Waals surface area contributed by atoms with Gasteiger partial charge >= 0.3 is 5.97 Å². The van der Waals surface area contributed by atoms with Crippen LogP contribution < -0.4 is 5.32 Å². The van der Waals surface area contributed by atoms with E-state index < -0.39 is 5.97 Å². The number of carbonyl (C=O) groups excluding carboxylic acids is 1. The van der Waals surface area contributed by atoms with Gasteiger partial charge in [-0.2, -0.15) is 0 Å². The number of rotatable bonds is 4. The van der Waals surface area contributed by atoms with Crippen LogP contribution in [0, 0.1) is 11.3 Å². The number of hydrogen-bond donors (Lipinski definition) is 2. The quantitative estimate of drug-likeness (QED) is 0.859. The maximum Gasteiger partial charge on any atom is 0.335 e. The SMILES string of the molecule is CCC1(C)CC1C(=O)Nc1cccc(C(=O)O)c1. The molecule has 96 valence electrons. The van der Waals surface area contributed by atoms with E-state index in [4.69, 9.17) is 5.11 Å². The van der Waals surface area contributed by atoms with E-state index >= 15 is 0 Å². The number of carboxylic acid groups (broad SMARTS) is 1. The Labute approximate surface area is 106 Å². The number of carboxylic acids is 1. The van der Waals surface area contributed by atoms with Crippen molar-refractivity contribution < 1.29 is 14.7 Å². The first-order valence-electron chi connectivity index (χ1n) is 6.10. The van der Waals surface area contributed by atoms with Gasteiger partial charge in [0, 0.05) is 11.6 Å². The molecule has 2 N–H and O–H groups in total. The van der Waals surface area contributed by atoms with Crippen LogP contribution in [0.15, 0.2) is 24.3 Å². The molecule has 0 heterocycles. The number of nitrogens with one attached hydrogen (secondary N) is 1. The Kier molecular flexibility index (Phi) is 3.11. The van der Waals surface area contributed by atoms with Gasteiger partial charge in [-0.1, -0.05) is 19.9 Å². The summed E-state index contributed by atoms with van der Waals surface area (Å²) in [4.78, 5) is 22.8. The summed E-state index contributed by atoms with van der Waals surface area (Å²) in [6, 6.07) is 6.32. The Bertz CT molecular complexity index is 498. The first-order chi connectivity index (χ1) is 8.46. The Morgan fingerprint density at radius 1 is 1.50 bits per heavy atom. The molecular weight excluding hydrogens is 230 g/mol. The lowest BCUT2D eigenvalue weighted by Crippen LogP contribution is -2.17. The van der Waals surface area contributed by atoms with Crippen LogP contribution in [0.2, 0.25) is 0 Å². The molecule has 0 aliphatic heterocycles. The van der Waals surface area contributed by atoms with Gasteiger partial charge in [0.05, 0.1) is 5.56 Å². The van der Waals surface area contributed by atoms with Crippen LogP contribution in [0.25, 0.3) is 0 Å².